The van der Waals surface area contributed by atoms with Crippen molar-refractivity contribution in [3.05, 3.63) is 98.5 Å². The maximum Gasteiger partial charge on any atom is 0.269 e. The highest BCUT2D eigenvalue weighted by atomic mass is 35.5. The highest BCUT2D eigenvalue weighted by Gasteiger charge is 2.64. The number of benzene rings is 3. The monoisotopic (exact) mass is 548 g/mol. The number of nitrogens with zero attached hydrogens (tertiary/aromatic N) is 3. The van der Waals surface area contributed by atoms with Crippen LogP contribution in [0, 0.1) is 22.0 Å². The largest absolute Gasteiger partial charge is 0.351 e. The molecule has 2 fully saturated rings. The summed E-state index contributed by atoms with van der Waals surface area (Å²) in [7, 11) is 0. The number of nitrogens with one attached hydrogen (secondary N) is 1. The topological polar surface area (TPSA) is 113 Å². The van der Waals surface area contributed by atoms with E-state index in [9.17, 15) is 24.5 Å². The predicted molar refractivity (Wildman–Crippen MR) is 143 cm³/mol. The third-order valence-electron chi connectivity index (χ3n) is 7.18. The Hall–Kier alpha value is -4.21. The van der Waals surface area contributed by atoms with Crippen LogP contribution in [0.4, 0.5) is 22.7 Å². The molecule has 190 valence electrons. The lowest BCUT2D eigenvalue weighted by Crippen LogP contribution is -2.50. The molecule has 0 radical (unpaired) electrons. The Bertz CT molecular complexity index is 1560. The standard InChI is InChI=1S/C27H18Cl2N4O5/c28-15-6-12-20(18(29)13-15)32-26(35)22-21-11-5-14-3-1-2-4-19(14)31(21)24(23(22)27(32)36)25(34)30-16-7-9-17(10-8-16)33(37)38/h1-13,21-24H,(H,30,34)/t21-,22-,23+,24-/m0/s1. The lowest BCUT2D eigenvalue weighted by Gasteiger charge is -2.36. The van der Waals surface area contributed by atoms with E-state index in [0.29, 0.717) is 10.7 Å². The smallest absolute Gasteiger partial charge is 0.269 e. The van der Waals surface area contributed by atoms with Crippen LogP contribution in [0.2, 0.25) is 10.0 Å². The van der Waals surface area contributed by atoms with Gasteiger partial charge in [0, 0.05) is 28.5 Å². The molecule has 0 saturated carbocycles. The van der Waals surface area contributed by atoms with E-state index in [1.54, 1.807) is 6.07 Å². The van der Waals surface area contributed by atoms with Crippen LogP contribution < -0.4 is 15.1 Å². The summed E-state index contributed by atoms with van der Waals surface area (Å²) in [4.78, 5) is 54.8. The molecule has 0 aliphatic carbocycles. The summed E-state index contributed by atoms with van der Waals surface area (Å²) >= 11 is 12.4. The molecule has 6 rings (SSSR count). The molecular weight excluding hydrogens is 531 g/mol. The van der Waals surface area contributed by atoms with Gasteiger partial charge in [0.15, 0.2) is 0 Å². The van der Waals surface area contributed by atoms with Crippen molar-refractivity contribution in [1.82, 2.24) is 0 Å². The normalized spacial score (nSPS) is 23.2. The minimum atomic E-state index is -1.03. The van der Waals surface area contributed by atoms with Gasteiger partial charge >= 0.3 is 0 Å². The van der Waals surface area contributed by atoms with Gasteiger partial charge in [-0.2, -0.15) is 0 Å². The summed E-state index contributed by atoms with van der Waals surface area (Å²) in [6.45, 7) is 0. The number of nitro groups is 1. The quantitative estimate of drug-likeness (QED) is 0.281. The van der Waals surface area contributed by atoms with Crippen LogP contribution in [0.15, 0.2) is 72.8 Å². The van der Waals surface area contributed by atoms with Gasteiger partial charge in [0.1, 0.15) is 6.04 Å². The summed E-state index contributed by atoms with van der Waals surface area (Å²) in [6, 6.07) is 15.8. The summed E-state index contributed by atoms with van der Waals surface area (Å²) in [5.74, 6) is -3.31. The number of hydrogen-bond acceptors (Lipinski definition) is 6. The van der Waals surface area contributed by atoms with Gasteiger partial charge in [-0.3, -0.25) is 24.5 Å². The number of fused-ring (bicyclic) bond motifs is 5. The van der Waals surface area contributed by atoms with Gasteiger partial charge in [0.25, 0.3) is 5.69 Å². The molecule has 0 unspecified atom stereocenters. The van der Waals surface area contributed by atoms with Gasteiger partial charge in [0.05, 0.1) is 33.5 Å². The van der Waals surface area contributed by atoms with E-state index in [1.165, 1.54) is 36.4 Å². The molecule has 11 heteroatoms. The average Bonchev–Trinajstić information content (AvgIpc) is 3.37. The van der Waals surface area contributed by atoms with Gasteiger partial charge in [-0.25, -0.2) is 4.90 Å². The van der Waals surface area contributed by atoms with Crippen molar-refractivity contribution in [2.75, 3.05) is 15.1 Å². The summed E-state index contributed by atoms with van der Waals surface area (Å²) < 4.78 is 0. The number of nitro benzene ring substituents is 1. The zero-order valence-corrected chi connectivity index (χ0v) is 21.0. The molecule has 9 nitrogen and oxygen atoms in total. The Labute approximate surface area is 226 Å². The number of anilines is 3. The van der Waals surface area contributed by atoms with E-state index in [0.717, 1.165) is 16.2 Å². The van der Waals surface area contributed by atoms with Crippen molar-refractivity contribution >= 4 is 69.7 Å². The molecule has 1 N–H and O–H groups in total. The van der Waals surface area contributed by atoms with Crippen LogP contribution in [0.25, 0.3) is 6.08 Å². The van der Waals surface area contributed by atoms with E-state index >= 15 is 0 Å². The minimum Gasteiger partial charge on any atom is -0.351 e. The van der Waals surface area contributed by atoms with Crippen LogP contribution in [0.1, 0.15) is 5.56 Å². The molecule has 38 heavy (non-hydrogen) atoms. The Kier molecular flexibility index (Phi) is 5.70. The molecule has 3 heterocycles. The first-order valence-electron chi connectivity index (χ1n) is 11.7. The highest BCUT2D eigenvalue weighted by molar-refractivity contribution is 6.38. The highest BCUT2D eigenvalue weighted by Crippen LogP contribution is 2.50. The number of carbonyl (C=O) groups excluding carboxylic acids is 3. The number of rotatable bonds is 4. The van der Waals surface area contributed by atoms with Gasteiger partial charge in [-0.05, 0) is 42.0 Å². The zero-order valence-electron chi connectivity index (χ0n) is 19.5. The molecule has 2 saturated heterocycles. The Morgan fingerprint density at radius 1 is 0.921 bits per heavy atom. The van der Waals surface area contributed by atoms with Gasteiger partial charge in [-0.15, -0.1) is 0 Å². The summed E-state index contributed by atoms with van der Waals surface area (Å²) in [5, 5.41) is 14.3. The molecule has 3 aliphatic rings. The maximum absolute atomic E-state index is 13.9. The van der Waals surface area contributed by atoms with Crippen LogP contribution in [0.3, 0.4) is 0 Å². The fourth-order valence-corrected chi connectivity index (χ4v) is 6.09. The predicted octanol–water partition coefficient (Wildman–Crippen LogP) is 4.93. The molecule has 0 aromatic heterocycles. The molecule has 3 aromatic carbocycles. The van der Waals surface area contributed by atoms with Crippen LogP contribution in [0.5, 0.6) is 0 Å². The number of carbonyl (C=O) groups is 3. The van der Waals surface area contributed by atoms with Crippen molar-refractivity contribution in [3.63, 3.8) is 0 Å². The van der Waals surface area contributed by atoms with Crippen molar-refractivity contribution in [3.8, 4) is 0 Å². The van der Waals surface area contributed by atoms with Crippen molar-refractivity contribution in [2.45, 2.75) is 12.1 Å². The number of hydrogen-bond donors (Lipinski definition) is 1. The van der Waals surface area contributed by atoms with E-state index in [2.05, 4.69) is 5.32 Å². The second-order valence-electron chi connectivity index (χ2n) is 9.21. The fraction of sp³-hybridized carbons (Fsp3) is 0.148. The Morgan fingerprint density at radius 2 is 1.63 bits per heavy atom. The maximum atomic E-state index is 13.9. The first kappa shape index (κ1) is 24.1. The van der Waals surface area contributed by atoms with Crippen molar-refractivity contribution < 1.29 is 19.3 Å². The van der Waals surface area contributed by atoms with Crippen LogP contribution in [-0.4, -0.2) is 34.7 Å². The van der Waals surface area contributed by atoms with Crippen LogP contribution >= 0.6 is 23.2 Å². The molecule has 3 aromatic rings. The number of halogens is 2. The molecule has 0 spiro atoms. The molecule has 4 atom stereocenters. The fourth-order valence-electron chi connectivity index (χ4n) is 5.60. The number of imide groups is 1. The van der Waals surface area contributed by atoms with E-state index in [-0.39, 0.29) is 16.4 Å². The second-order valence-corrected chi connectivity index (χ2v) is 10.1. The summed E-state index contributed by atoms with van der Waals surface area (Å²) in [6.07, 6.45) is 3.73. The van der Waals surface area contributed by atoms with Crippen molar-refractivity contribution in [2.24, 2.45) is 11.8 Å². The number of non-ortho nitro benzene ring substituents is 1. The molecule has 3 aliphatic heterocycles. The van der Waals surface area contributed by atoms with Gasteiger partial charge in [0.2, 0.25) is 17.7 Å². The van der Waals surface area contributed by atoms with Crippen LogP contribution in [-0.2, 0) is 14.4 Å². The Morgan fingerprint density at radius 3 is 2.34 bits per heavy atom. The summed E-state index contributed by atoms with van der Waals surface area (Å²) in [5.41, 5.74) is 2.01. The average molecular weight is 549 g/mol. The molecule has 3 amide bonds. The van der Waals surface area contributed by atoms with E-state index in [4.69, 9.17) is 23.2 Å². The first-order chi connectivity index (χ1) is 18.3. The third kappa shape index (κ3) is 3.66. The first-order valence-corrected chi connectivity index (χ1v) is 12.5. The third-order valence-corrected chi connectivity index (χ3v) is 7.72. The molecular formula is C27H18Cl2N4O5. The lowest BCUT2D eigenvalue weighted by molar-refractivity contribution is -0.384. The van der Waals surface area contributed by atoms with Crippen molar-refractivity contribution in [1.29, 1.82) is 0 Å². The van der Waals surface area contributed by atoms with E-state index in [1.807, 2.05) is 41.3 Å². The number of amides is 3. The second kappa shape index (κ2) is 8.97. The zero-order chi connectivity index (χ0) is 26.7. The van der Waals surface area contributed by atoms with Gasteiger partial charge < -0.3 is 10.2 Å². The lowest BCUT2D eigenvalue weighted by atomic mass is 9.88. The minimum absolute atomic E-state index is 0.119. The Balaban J connectivity index is 1.42. The SMILES string of the molecule is O=C(Nc1ccc([N+](=O)[O-])cc1)[C@@H]1[C@@H]2C(=O)N(c3ccc(Cl)cc3Cl)C(=O)[C@H]2[C@@H]2C=Cc3ccccc3N12. The number of para-hydroxylation sites is 1. The van der Waals surface area contributed by atoms with E-state index < -0.39 is 46.6 Å². The van der Waals surface area contributed by atoms with Gasteiger partial charge in [-0.1, -0.05) is 53.6 Å². The molecule has 0 bridgehead atoms.